The smallest absolute Gasteiger partial charge is 0.309 e. The third-order valence-corrected chi connectivity index (χ3v) is 1.90. The van der Waals surface area contributed by atoms with Gasteiger partial charge < -0.3 is 10.1 Å². The lowest BCUT2D eigenvalue weighted by atomic mass is 10.1. The van der Waals surface area contributed by atoms with Crippen molar-refractivity contribution in [2.45, 2.75) is 33.2 Å². The van der Waals surface area contributed by atoms with Gasteiger partial charge in [-0.1, -0.05) is 12.8 Å². The van der Waals surface area contributed by atoms with Crippen LogP contribution in [-0.2, 0) is 9.53 Å². The Morgan fingerprint density at radius 2 is 2.21 bits per heavy atom. The van der Waals surface area contributed by atoms with Crippen molar-refractivity contribution in [1.29, 1.82) is 0 Å². The summed E-state index contributed by atoms with van der Waals surface area (Å²) in [5, 5.41) is 3.11. The van der Waals surface area contributed by atoms with Gasteiger partial charge in [-0.15, -0.1) is 6.42 Å². The second kappa shape index (κ2) is 5.66. The fourth-order valence-electron chi connectivity index (χ4n) is 0.827. The van der Waals surface area contributed by atoms with Gasteiger partial charge in [0.25, 0.3) is 0 Å². The SMILES string of the molecule is C#CC(C)(C)NCC(C)C(=O)OCC. The van der Waals surface area contributed by atoms with Gasteiger partial charge in [-0.05, 0) is 20.8 Å². The Hall–Kier alpha value is -1.01. The third-order valence-electron chi connectivity index (χ3n) is 1.90. The molecule has 0 aliphatic rings. The Labute approximate surface area is 86.2 Å². The first-order valence-corrected chi connectivity index (χ1v) is 4.82. The number of ether oxygens (including phenoxy) is 1. The summed E-state index contributed by atoms with van der Waals surface area (Å²) in [4.78, 5) is 11.2. The van der Waals surface area contributed by atoms with Crippen molar-refractivity contribution in [3.8, 4) is 12.3 Å². The molecule has 0 saturated heterocycles. The Morgan fingerprint density at radius 1 is 1.64 bits per heavy atom. The van der Waals surface area contributed by atoms with Crippen LogP contribution in [0.25, 0.3) is 0 Å². The van der Waals surface area contributed by atoms with Crippen LogP contribution in [0.1, 0.15) is 27.7 Å². The Morgan fingerprint density at radius 3 is 2.64 bits per heavy atom. The molecule has 0 aromatic rings. The van der Waals surface area contributed by atoms with Crippen molar-refractivity contribution in [1.82, 2.24) is 5.32 Å². The van der Waals surface area contributed by atoms with E-state index in [9.17, 15) is 4.79 Å². The molecule has 80 valence electrons. The molecule has 0 aliphatic carbocycles. The van der Waals surface area contributed by atoms with Crippen LogP contribution in [0, 0.1) is 18.3 Å². The molecule has 0 aromatic heterocycles. The van der Waals surface area contributed by atoms with Gasteiger partial charge in [-0.2, -0.15) is 0 Å². The standard InChI is InChI=1S/C11H19NO2/c1-6-11(4,5)12-8-9(3)10(13)14-7-2/h1,9,12H,7-8H2,2-5H3. The van der Waals surface area contributed by atoms with Crippen LogP contribution in [0.3, 0.4) is 0 Å². The highest BCUT2D eigenvalue weighted by Crippen LogP contribution is 2.02. The molecule has 0 saturated carbocycles. The molecule has 14 heavy (non-hydrogen) atoms. The molecule has 0 aromatic carbocycles. The van der Waals surface area contributed by atoms with E-state index in [2.05, 4.69) is 11.2 Å². The molecule has 0 aliphatic heterocycles. The minimum absolute atomic E-state index is 0.164. The molecular weight excluding hydrogens is 178 g/mol. The van der Waals surface area contributed by atoms with Crippen molar-refractivity contribution < 1.29 is 9.53 Å². The molecular formula is C11H19NO2. The second-order valence-corrected chi connectivity index (χ2v) is 3.80. The summed E-state index contributed by atoms with van der Waals surface area (Å²) >= 11 is 0. The maximum absolute atomic E-state index is 11.2. The van der Waals surface area contributed by atoms with Crippen molar-refractivity contribution in [3.05, 3.63) is 0 Å². The molecule has 0 bridgehead atoms. The largest absolute Gasteiger partial charge is 0.466 e. The van der Waals surface area contributed by atoms with Gasteiger partial charge >= 0.3 is 5.97 Å². The first-order valence-electron chi connectivity index (χ1n) is 4.82. The van der Waals surface area contributed by atoms with Gasteiger partial charge in [0.1, 0.15) is 0 Å². The molecule has 3 heteroatoms. The van der Waals surface area contributed by atoms with Crippen LogP contribution in [0.15, 0.2) is 0 Å². The molecule has 0 rings (SSSR count). The second-order valence-electron chi connectivity index (χ2n) is 3.80. The van der Waals surface area contributed by atoms with Crippen LogP contribution in [0.2, 0.25) is 0 Å². The molecule has 0 radical (unpaired) electrons. The molecule has 1 N–H and O–H groups in total. The summed E-state index contributed by atoms with van der Waals surface area (Å²) in [6.45, 7) is 8.36. The zero-order chi connectivity index (χ0) is 11.2. The summed E-state index contributed by atoms with van der Waals surface area (Å²) in [5.74, 6) is 2.25. The van der Waals surface area contributed by atoms with E-state index in [0.29, 0.717) is 13.2 Å². The predicted octanol–water partition coefficient (Wildman–Crippen LogP) is 1.19. The Bertz CT molecular complexity index is 228. The average Bonchev–Trinajstić information content (AvgIpc) is 2.15. The average molecular weight is 197 g/mol. The third kappa shape index (κ3) is 4.88. The molecule has 1 unspecified atom stereocenters. The number of hydrogen-bond donors (Lipinski definition) is 1. The number of terminal acetylenes is 1. The number of carbonyl (C=O) groups is 1. The minimum Gasteiger partial charge on any atom is -0.466 e. The summed E-state index contributed by atoms with van der Waals surface area (Å²) in [6.07, 6.45) is 5.30. The maximum Gasteiger partial charge on any atom is 0.309 e. The first-order chi connectivity index (χ1) is 6.43. The van der Waals surface area contributed by atoms with Gasteiger partial charge in [-0.3, -0.25) is 4.79 Å². The Kier molecular flexibility index (Phi) is 5.26. The zero-order valence-corrected chi connectivity index (χ0v) is 9.39. The normalized spacial score (nSPS) is 13.1. The highest BCUT2D eigenvalue weighted by molar-refractivity contribution is 5.72. The van der Waals surface area contributed by atoms with E-state index in [0.717, 1.165) is 0 Å². The molecule has 0 fully saturated rings. The van der Waals surface area contributed by atoms with E-state index < -0.39 is 0 Å². The van der Waals surface area contributed by atoms with Gasteiger partial charge in [0.05, 0.1) is 18.1 Å². The quantitative estimate of drug-likeness (QED) is 0.531. The van der Waals surface area contributed by atoms with Crippen LogP contribution in [-0.4, -0.2) is 24.7 Å². The number of nitrogens with one attached hydrogen (secondary N) is 1. The molecule has 1 atom stereocenters. The molecule has 3 nitrogen and oxygen atoms in total. The fourth-order valence-corrected chi connectivity index (χ4v) is 0.827. The van der Waals surface area contributed by atoms with Gasteiger partial charge in [0, 0.05) is 6.54 Å². The monoisotopic (exact) mass is 197 g/mol. The highest BCUT2D eigenvalue weighted by Gasteiger charge is 2.18. The lowest BCUT2D eigenvalue weighted by Gasteiger charge is -2.21. The van der Waals surface area contributed by atoms with Gasteiger partial charge in [0.15, 0.2) is 0 Å². The molecule has 0 heterocycles. The summed E-state index contributed by atoms with van der Waals surface area (Å²) < 4.78 is 4.87. The van der Waals surface area contributed by atoms with Crippen LogP contribution < -0.4 is 5.32 Å². The lowest BCUT2D eigenvalue weighted by Crippen LogP contribution is -2.41. The number of rotatable bonds is 5. The topological polar surface area (TPSA) is 38.3 Å². The summed E-state index contributed by atoms with van der Waals surface area (Å²) in [7, 11) is 0. The van der Waals surface area contributed by atoms with Gasteiger partial charge in [0.2, 0.25) is 0 Å². The van der Waals surface area contributed by atoms with Crippen molar-refractivity contribution in [3.63, 3.8) is 0 Å². The van der Waals surface area contributed by atoms with Crippen LogP contribution >= 0.6 is 0 Å². The van der Waals surface area contributed by atoms with E-state index in [1.807, 2.05) is 20.8 Å². The molecule has 0 spiro atoms. The Balaban J connectivity index is 3.91. The van der Waals surface area contributed by atoms with E-state index in [4.69, 9.17) is 11.2 Å². The lowest BCUT2D eigenvalue weighted by molar-refractivity contribution is -0.147. The summed E-state index contributed by atoms with van der Waals surface area (Å²) in [6, 6.07) is 0. The highest BCUT2D eigenvalue weighted by atomic mass is 16.5. The van der Waals surface area contributed by atoms with E-state index >= 15 is 0 Å². The van der Waals surface area contributed by atoms with Crippen molar-refractivity contribution in [2.24, 2.45) is 5.92 Å². The van der Waals surface area contributed by atoms with Crippen molar-refractivity contribution in [2.75, 3.05) is 13.2 Å². The fraction of sp³-hybridized carbons (Fsp3) is 0.727. The van der Waals surface area contributed by atoms with E-state index in [1.165, 1.54) is 0 Å². The number of esters is 1. The first kappa shape index (κ1) is 13.0. The zero-order valence-electron chi connectivity index (χ0n) is 9.39. The van der Waals surface area contributed by atoms with E-state index in [1.54, 1.807) is 6.92 Å². The minimum atomic E-state index is -0.374. The maximum atomic E-state index is 11.2. The van der Waals surface area contributed by atoms with Crippen molar-refractivity contribution >= 4 is 5.97 Å². The van der Waals surface area contributed by atoms with Crippen LogP contribution in [0.5, 0.6) is 0 Å². The molecule has 0 amide bonds. The van der Waals surface area contributed by atoms with Gasteiger partial charge in [-0.25, -0.2) is 0 Å². The predicted molar refractivity (Wildman–Crippen MR) is 56.7 cm³/mol. The number of hydrogen-bond acceptors (Lipinski definition) is 3. The number of carbonyl (C=O) groups excluding carboxylic acids is 1. The van der Waals surface area contributed by atoms with E-state index in [-0.39, 0.29) is 17.4 Å². The summed E-state index contributed by atoms with van der Waals surface area (Å²) in [5.41, 5.74) is -0.374. The van der Waals surface area contributed by atoms with Crippen LogP contribution in [0.4, 0.5) is 0 Å².